The third-order valence-corrected chi connectivity index (χ3v) is 6.61. The van der Waals surface area contributed by atoms with Gasteiger partial charge in [0, 0.05) is 49.7 Å². The number of benzene rings is 1. The van der Waals surface area contributed by atoms with Crippen molar-refractivity contribution in [2.45, 2.75) is 19.3 Å². The van der Waals surface area contributed by atoms with Gasteiger partial charge in [-0.1, -0.05) is 6.07 Å². The Balaban J connectivity index is 1.44. The van der Waals surface area contributed by atoms with Gasteiger partial charge in [0.1, 0.15) is 5.69 Å². The topological polar surface area (TPSA) is 76.7 Å². The number of pyridine rings is 2. The van der Waals surface area contributed by atoms with Crippen LogP contribution in [0.15, 0.2) is 55.1 Å². The van der Waals surface area contributed by atoms with Gasteiger partial charge in [0.2, 0.25) is 0 Å². The largest absolute Gasteiger partial charge is 0.376 e. The van der Waals surface area contributed by atoms with Crippen molar-refractivity contribution in [1.82, 2.24) is 25.1 Å². The number of H-pyrrole nitrogens is 2. The van der Waals surface area contributed by atoms with Gasteiger partial charge >= 0.3 is 0 Å². The van der Waals surface area contributed by atoms with E-state index < -0.39 is 0 Å². The second-order valence-electron chi connectivity index (χ2n) is 9.01. The molecule has 1 saturated heterocycles. The highest BCUT2D eigenvalue weighted by Crippen LogP contribution is 2.35. The van der Waals surface area contributed by atoms with Gasteiger partial charge < -0.3 is 14.8 Å². The van der Waals surface area contributed by atoms with Crippen LogP contribution in [0.1, 0.15) is 19.3 Å². The van der Waals surface area contributed by atoms with Gasteiger partial charge in [0.15, 0.2) is 0 Å². The van der Waals surface area contributed by atoms with E-state index in [1.54, 1.807) is 0 Å². The summed E-state index contributed by atoms with van der Waals surface area (Å²) in [6.07, 6.45) is 11.5. The maximum absolute atomic E-state index is 4.67. The van der Waals surface area contributed by atoms with Crippen LogP contribution < -0.4 is 9.80 Å². The molecule has 5 aromatic rings. The zero-order valence-electron chi connectivity index (χ0n) is 19.0. The zero-order chi connectivity index (χ0) is 22.4. The van der Waals surface area contributed by atoms with Crippen LogP contribution >= 0.6 is 0 Å². The van der Waals surface area contributed by atoms with Crippen molar-refractivity contribution in [1.29, 1.82) is 0 Å². The Bertz CT molecular complexity index is 1440. The summed E-state index contributed by atoms with van der Waals surface area (Å²) in [5, 5.41) is 10.2. The molecule has 0 radical (unpaired) electrons. The third-order valence-electron chi connectivity index (χ3n) is 6.61. The first-order valence-corrected chi connectivity index (χ1v) is 11.5. The number of fused-ring (bicyclic) bond motifs is 2. The molecule has 5 heterocycles. The van der Waals surface area contributed by atoms with Crippen LogP contribution in [0.5, 0.6) is 0 Å². The molecule has 0 unspecified atom stereocenters. The Kier molecular flexibility index (Phi) is 4.75. The second-order valence-corrected chi connectivity index (χ2v) is 9.01. The molecule has 1 aromatic carbocycles. The summed E-state index contributed by atoms with van der Waals surface area (Å²) in [6, 6.07) is 10.8. The van der Waals surface area contributed by atoms with Crippen molar-refractivity contribution in [3.63, 3.8) is 0 Å². The first-order chi connectivity index (χ1) is 16.2. The standard InChI is InChI=1S/C26H27N7/c1-32(2)19-10-18(13-27-14-19)17-6-7-22-21(11-17)26(31-30-22)23-12-20-24(29-23)15-28-16-25(20)33-8-4-3-5-9-33/h6-7,10-16,29H,3-5,8-9H2,1-2H3,(H,30,31). The van der Waals surface area contributed by atoms with Crippen molar-refractivity contribution in [2.75, 3.05) is 37.0 Å². The smallest absolute Gasteiger partial charge is 0.116 e. The van der Waals surface area contributed by atoms with Gasteiger partial charge in [0.25, 0.3) is 0 Å². The Morgan fingerprint density at radius 3 is 2.52 bits per heavy atom. The summed E-state index contributed by atoms with van der Waals surface area (Å²) in [5.41, 5.74) is 8.47. The monoisotopic (exact) mass is 437 g/mol. The molecular formula is C26H27N7. The molecule has 0 aliphatic carbocycles. The van der Waals surface area contributed by atoms with Gasteiger partial charge in [0.05, 0.1) is 46.7 Å². The first-order valence-electron chi connectivity index (χ1n) is 11.5. The molecule has 33 heavy (non-hydrogen) atoms. The van der Waals surface area contributed by atoms with E-state index in [2.05, 4.69) is 65.3 Å². The average molecular weight is 438 g/mol. The predicted molar refractivity (Wildman–Crippen MR) is 135 cm³/mol. The summed E-state index contributed by atoms with van der Waals surface area (Å²) in [7, 11) is 4.06. The Morgan fingerprint density at radius 1 is 0.818 bits per heavy atom. The minimum atomic E-state index is 0.921. The minimum absolute atomic E-state index is 0.921. The summed E-state index contributed by atoms with van der Waals surface area (Å²) >= 11 is 0. The molecule has 0 spiro atoms. The van der Waals surface area contributed by atoms with E-state index in [1.165, 1.54) is 30.3 Å². The maximum atomic E-state index is 4.67. The number of anilines is 2. The molecule has 0 atom stereocenters. The van der Waals surface area contributed by atoms with Gasteiger partial charge in [-0.3, -0.25) is 15.1 Å². The number of rotatable bonds is 4. The molecule has 2 N–H and O–H groups in total. The van der Waals surface area contributed by atoms with E-state index in [1.807, 2.05) is 38.9 Å². The van der Waals surface area contributed by atoms with Crippen molar-refractivity contribution in [3.8, 4) is 22.5 Å². The minimum Gasteiger partial charge on any atom is -0.376 e. The van der Waals surface area contributed by atoms with Crippen LogP contribution in [0, 0.1) is 0 Å². The van der Waals surface area contributed by atoms with Gasteiger partial charge in [-0.15, -0.1) is 0 Å². The van der Waals surface area contributed by atoms with E-state index in [-0.39, 0.29) is 0 Å². The highest BCUT2D eigenvalue weighted by atomic mass is 15.1. The number of hydrogen-bond donors (Lipinski definition) is 2. The number of nitrogens with one attached hydrogen (secondary N) is 2. The van der Waals surface area contributed by atoms with Crippen molar-refractivity contribution in [3.05, 3.63) is 55.1 Å². The normalized spacial score (nSPS) is 14.3. The lowest BCUT2D eigenvalue weighted by Crippen LogP contribution is -2.29. The van der Waals surface area contributed by atoms with E-state index in [0.29, 0.717) is 0 Å². The van der Waals surface area contributed by atoms with Gasteiger partial charge in [-0.25, -0.2) is 0 Å². The number of piperidine rings is 1. The Hall–Kier alpha value is -3.87. The highest BCUT2D eigenvalue weighted by molar-refractivity contribution is 6.00. The van der Waals surface area contributed by atoms with Gasteiger partial charge in [-0.2, -0.15) is 5.10 Å². The van der Waals surface area contributed by atoms with E-state index in [9.17, 15) is 0 Å². The average Bonchev–Trinajstić information content (AvgIpc) is 3.48. The summed E-state index contributed by atoms with van der Waals surface area (Å²) < 4.78 is 0. The van der Waals surface area contributed by atoms with Crippen LogP contribution in [0.25, 0.3) is 44.3 Å². The van der Waals surface area contributed by atoms with Gasteiger partial charge in [-0.05, 0) is 49.1 Å². The third kappa shape index (κ3) is 3.50. The van der Waals surface area contributed by atoms with Crippen LogP contribution in [0.2, 0.25) is 0 Å². The molecule has 0 amide bonds. The Labute approximate surface area is 192 Å². The van der Waals surface area contributed by atoms with Crippen LogP contribution in [-0.4, -0.2) is 52.3 Å². The molecule has 166 valence electrons. The molecule has 4 aromatic heterocycles. The van der Waals surface area contributed by atoms with Crippen molar-refractivity contribution < 1.29 is 0 Å². The fraction of sp³-hybridized carbons (Fsp3) is 0.269. The second kappa shape index (κ2) is 7.92. The first kappa shape index (κ1) is 19.8. The summed E-state index contributed by atoms with van der Waals surface area (Å²) in [6.45, 7) is 2.19. The number of aromatic nitrogens is 5. The van der Waals surface area contributed by atoms with E-state index >= 15 is 0 Å². The Morgan fingerprint density at radius 2 is 1.67 bits per heavy atom. The molecule has 7 nitrogen and oxygen atoms in total. The lowest BCUT2D eigenvalue weighted by molar-refractivity contribution is 0.578. The van der Waals surface area contributed by atoms with Crippen LogP contribution in [-0.2, 0) is 0 Å². The molecule has 6 rings (SSSR count). The van der Waals surface area contributed by atoms with Crippen LogP contribution in [0.4, 0.5) is 11.4 Å². The fourth-order valence-electron chi connectivity index (χ4n) is 4.78. The number of nitrogens with zero attached hydrogens (tertiary/aromatic N) is 5. The van der Waals surface area contributed by atoms with Crippen molar-refractivity contribution >= 4 is 33.2 Å². The lowest BCUT2D eigenvalue weighted by atomic mass is 10.0. The highest BCUT2D eigenvalue weighted by Gasteiger charge is 2.18. The fourth-order valence-corrected chi connectivity index (χ4v) is 4.78. The molecule has 0 bridgehead atoms. The molecular weight excluding hydrogens is 410 g/mol. The molecule has 1 aliphatic heterocycles. The molecule has 7 heteroatoms. The zero-order valence-corrected chi connectivity index (χ0v) is 19.0. The van der Waals surface area contributed by atoms with Crippen molar-refractivity contribution in [2.24, 2.45) is 0 Å². The number of aromatic amines is 2. The maximum Gasteiger partial charge on any atom is 0.116 e. The SMILES string of the molecule is CN(C)c1cncc(-c2ccc3[nH]nc(-c4cc5c(N6CCCCC6)cncc5[nH]4)c3c2)c1. The lowest BCUT2D eigenvalue weighted by Gasteiger charge is -2.28. The number of hydrogen-bond acceptors (Lipinski definition) is 5. The van der Waals surface area contributed by atoms with Crippen LogP contribution in [0.3, 0.4) is 0 Å². The molecule has 1 aliphatic rings. The summed E-state index contributed by atoms with van der Waals surface area (Å²) in [5.74, 6) is 0. The molecule has 0 saturated carbocycles. The predicted octanol–water partition coefficient (Wildman–Crippen LogP) is 5.22. The van der Waals surface area contributed by atoms with E-state index in [0.717, 1.165) is 57.7 Å². The van der Waals surface area contributed by atoms with E-state index in [4.69, 9.17) is 0 Å². The molecule has 1 fully saturated rings. The quantitative estimate of drug-likeness (QED) is 0.403. The summed E-state index contributed by atoms with van der Waals surface area (Å²) in [4.78, 5) is 17.0.